The SMILES string of the molecule is CCCNC(c1cccc(OC(C)C)c1)c1ccoc1C. The Hall–Kier alpha value is -1.74. The van der Waals surface area contributed by atoms with Crippen LogP contribution in [0.3, 0.4) is 0 Å². The first-order chi connectivity index (χ1) is 10.1. The second-order valence-corrected chi connectivity index (χ2v) is 5.56. The maximum atomic E-state index is 5.81. The Balaban J connectivity index is 2.30. The van der Waals surface area contributed by atoms with Gasteiger partial charge in [-0.05, 0) is 57.5 Å². The quantitative estimate of drug-likeness (QED) is 0.816. The van der Waals surface area contributed by atoms with Gasteiger partial charge in [0.05, 0.1) is 18.4 Å². The van der Waals surface area contributed by atoms with Crippen molar-refractivity contribution in [1.82, 2.24) is 5.32 Å². The van der Waals surface area contributed by atoms with Gasteiger partial charge in [-0.3, -0.25) is 0 Å². The van der Waals surface area contributed by atoms with E-state index in [1.807, 2.05) is 39.0 Å². The van der Waals surface area contributed by atoms with E-state index in [1.165, 1.54) is 11.1 Å². The van der Waals surface area contributed by atoms with Gasteiger partial charge >= 0.3 is 0 Å². The average molecular weight is 287 g/mol. The van der Waals surface area contributed by atoms with Crippen LogP contribution < -0.4 is 10.1 Å². The van der Waals surface area contributed by atoms with Gasteiger partial charge in [-0.25, -0.2) is 0 Å². The first kappa shape index (κ1) is 15.6. The largest absolute Gasteiger partial charge is 0.491 e. The predicted octanol–water partition coefficient (Wildman–Crippen LogP) is 4.46. The third-order valence-electron chi connectivity index (χ3n) is 3.37. The van der Waals surface area contributed by atoms with Gasteiger partial charge in [0.1, 0.15) is 11.5 Å². The number of furan rings is 1. The lowest BCUT2D eigenvalue weighted by Gasteiger charge is -2.20. The minimum Gasteiger partial charge on any atom is -0.491 e. The molecule has 2 rings (SSSR count). The minimum atomic E-state index is 0.138. The smallest absolute Gasteiger partial charge is 0.120 e. The molecule has 1 unspecified atom stereocenters. The zero-order valence-electron chi connectivity index (χ0n) is 13.3. The van der Waals surface area contributed by atoms with Crippen molar-refractivity contribution in [1.29, 1.82) is 0 Å². The van der Waals surface area contributed by atoms with E-state index in [4.69, 9.17) is 9.15 Å². The summed E-state index contributed by atoms with van der Waals surface area (Å²) in [5.74, 6) is 1.87. The Morgan fingerprint density at radius 2 is 2.05 bits per heavy atom. The van der Waals surface area contributed by atoms with Gasteiger partial charge in [0.15, 0.2) is 0 Å². The van der Waals surface area contributed by atoms with E-state index in [0.29, 0.717) is 0 Å². The van der Waals surface area contributed by atoms with E-state index >= 15 is 0 Å². The lowest BCUT2D eigenvalue weighted by atomic mass is 9.99. The molecule has 2 aromatic rings. The zero-order chi connectivity index (χ0) is 15.2. The molecule has 1 aromatic carbocycles. The molecule has 0 saturated carbocycles. The van der Waals surface area contributed by atoms with Crippen molar-refractivity contribution in [2.75, 3.05) is 6.54 Å². The van der Waals surface area contributed by atoms with Gasteiger partial charge < -0.3 is 14.5 Å². The molecular formula is C18H25NO2. The van der Waals surface area contributed by atoms with E-state index in [-0.39, 0.29) is 12.1 Å². The van der Waals surface area contributed by atoms with Crippen molar-refractivity contribution in [3.05, 3.63) is 53.5 Å². The molecule has 1 heterocycles. The molecule has 114 valence electrons. The first-order valence-electron chi connectivity index (χ1n) is 7.65. The van der Waals surface area contributed by atoms with Gasteiger partial charge in [0, 0.05) is 5.56 Å². The molecule has 1 N–H and O–H groups in total. The number of rotatable bonds is 7. The highest BCUT2D eigenvalue weighted by Crippen LogP contribution is 2.28. The summed E-state index contributed by atoms with van der Waals surface area (Å²) < 4.78 is 11.3. The second kappa shape index (κ2) is 7.32. The molecule has 0 aliphatic heterocycles. The summed E-state index contributed by atoms with van der Waals surface area (Å²) in [6.07, 6.45) is 3.02. The third kappa shape index (κ3) is 4.11. The fourth-order valence-electron chi connectivity index (χ4n) is 2.43. The maximum absolute atomic E-state index is 5.81. The van der Waals surface area contributed by atoms with Crippen LogP contribution in [0.4, 0.5) is 0 Å². The van der Waals surface area contributed by atoms with E-state index in [0.717, 1.165) is 24.5 Å². The molecule has 0 spiro atoms. The number of nitrogens with one attached hydrogen (secondary N) is 1. The summed E-state index contributed by atoms with van der Waals surface area (Å²) in [4.78, 5) is 0. The zero-order valence-corrected chi connectivity index (χ0v) is 13.3. The summed E-state index contributed by atoms with van der Waals surface area (Å²) in [5.41, 5.74) is 2.39. The monoisotopic (exact) mass is 287 g/mol. The molecule has 3 nitrogen and oxygen atoms in total. The Morgan fingerprint density at radius 3 is 2.67 bits per heavy atom. The molecule has 0 radical (unpaired) electrons. The van der Waals surface area contributed by atoms with Crippen LogP contribution in [-0.2, 0) is 0 Å². The van der Waals surface area contributed by atoms with Crippen LogP contribution in [0.15, 0.2) is 41.0 Å². The summed E-state index contributed by atoms with van der Waals surface area (Å²) in [7, 11) is 0. The van der Waals surface area contributed by atoms with Crippen molar-refractivity contribution in [2.45, 2.75) is 46.3 Å². The summed E-state index contributed by atoms with van der Waals surface area (Å²) in [6, 6.07) is 10.5. The first-order valence-corrected chi connectivity index (χ1v) is 7.65. The van der Waals surface area contributed by atoms with Crippen LogP contribution in [0, 0.1) is 6.92 Å². The summed E-state index contributed by atoms with van der Waals surface area (Å²) in [5, 5.41) is 3.59. The third-order valence-corrected chi connectivity index (χ3v) is 3.37. The molecule has 0 fully saturated rings. The lowest BCUT2D eigenvalue weighted by molar-refractivity contribution is 0.242. The van der Waals surface area contributed by atoms with Crippen molar-refractivity contribution in [3.63, 3.8) is 0 Å². The average Bonchev–Trinajstić information content (AvgIpc) is 2.85. The van der Waals surface area contributed by atoms with Crippen molar-refractivity contribution < 1.29 is 9.15 Å². The van der Waals surface area contributed by atoms with Crippen molar-refractivity contribution in [3.8, 4) is 5.75 Å². The Labute approximate surface area is 127 Å². The fourth-order valence-corrected chi connectivity index (χ4v) is 2.43. The van der Waals surface area contributed by atoms with Gasteiger partial charge in [-0.15, -0.1) is 0 Å². The highest BCUT2D eigenvalue weighted by atomic mass is 16.5. The molecule has 3 heteroatoms. The van der Waals surface area contributed by atoms with E-state index in [9.17, 15) is 0 Å². The van der Waals surface area contributed by atoms with Crippen LogP contribution >= 0.6 is 0 Å². The summed E-state index contributed by atoms with van der Waals surface area (Å²) >= 11 is 0. The van der Waals surface area contributed by atoms with Gasteiger partial charge in [-0.1, -0.05) is 19.1 Å². The fraction of sp³-hybridized carbons (Fsp3) is 0.444. The topological polar surface area (TPSA) is 34.4 Å². The highest BCUT2D eigenvalue weighted by molar-refractivity contribution is 5.37. The minimum absolute atomic E-state index is 0.138. The predicted molar refractivity (Wildman–Crippen MR) is 85.8 cm³/mol. The second-order valence-electron chi connectivity index (χ2n) is 5.56. The molecule has 0 saturated heterocycles. The van der Waals surface area contributed by atoms with Crippen molar-refractivity contribution >= 4 is 0 Å². The normalized spacial score (nSPS) is 12.6. The number of hydrogen-bond donors (Lipinski definition) is 1. The van der Waals surface area contributed by atoms with Crippen LogP contribution in [-0.4, -0.2) is 12.6 Å². The standard InChI is InChI=1S/C18H25NO2/c1-5-10-19-18(17-9-11-20-14(17)4)15-7-6-8-16(12-15)21-13(2)3/h6-9,11-13,18-19H,5,10H2,1-4H3. The number of benzene rings is 1. The van der Waals surface area contributed by atoms with E-state index in [1.54, 1.807) is 6.26 Å². The maximum Gasteiger partial charge on any atom is 0.120 e. The van der Waals surface area contributed by atoms with Crippen LogP contribution in [0.1, 0.15) is 50.1 Å². The van der Waals surface area contributed by atoms with Crippen LogP contribution in [0.25, 0.3) is 0 Å². The van der Waals surface area contributed by atoms with Gasteiger partial charge in [-0.2, -0.15) is 0 Å². The Morgan fingerprint density at radius 1 is 1.24 bits per heavy atom. The molecule has 0 aliphatic rings. The molecule has 0 bridgehead atoms. The van der Waals surface area contributed by atoms with E-state index in [2.05, 4.69) is 24.4 Å². The molecule has 0 amide bonds. The van der Waals surface area contributed by atoms with Gasteiger partial charge in [0.2, 0.25) is 0 Å². The van der Waals surface area contributed by atoms with Crippen LogP contribution in [0.5, 0.6) is 5.75 Å². The van der Waals surface area contributed by atoms with E-state index < -0.39 is 0 Å². The van der Waals surface area contributed by atoms with Gasteiger partial charge in [0.25, 0.3) is 0 Å². The molecule has 1 atom stereocenters. The number of ether oxygens (including phenoxy) is 1. The highest BCUT2D eigenvalue weighted by Gasteiger charge is 2.18. The summed E-state index contributed by atoms with van der Waals surface area (Å²) in [6.45, 7) is 9.22. The Kier molecular flexibility index (Phi) is 5.45. The molecule has 21 heavy (non-hydrogen) atoms. The number of hydrogen-bond acceptors (Lipinski definition) is 3. The molecule has 1 aromatic heterocycles. The Bertz CT molecular complexity index is 560. The molecular weight excluding hydrogens is 262 g/mol. The van der Waals surface area contributed by atoms with Crippen molar-refractivity contribution in [2.24, 2.45) is 0 Å². The number of aryl methyl sites for hydroxylation is 1. The van der Waals surface area contributed by atoms with Crippen LogP contribution in [0.2, 0.25) is 0 Å². The lowest BCUT2D eigenvalue weighted by Crippen LogP contribution is -2.23. The molecule has 0 aliphatic carbocycles.